The Morgan fingerprint density at radius 2 is 2.04 bits per heavy atom. The summed E-state index contributed by atoms with van der Waals surface area (Å²) in [4.78, 5) is 11.5. The molecule has 0 spiro atoms. The molecule has 138 valence electrons. The molecule has 0 atom stereocenters. The summed E-state index contributed by atoms with van der Waals surface area (Å²) in [5.41, 5.74) is 9.46. The van der Waals surface area contributed by atoms with Crippen LogP contribution >= 0.6 is 0 Å². The van der Waals surface area contributed by atoms with E-state index in [4.69, 9.17) is 5.73 Å². The first-order valence-corrected chi connectivity index (χ1v) is 8.87. The van der Waals surface area contributed by atoms with E-state index in [9.17, 15) is 9.18 Å². The van der Waals surface area contributed by atoms with E-state index in [1.165, 1.54) is 13.0 Å². The van der Waals surface area contributed by atoms with Gasteiger partial charge in [-0.3, -0.25) is 9.48 Å². The average Bonchev–Trinajstić information content (AvgIpc) is 3.03. The normalized spacial score (nSPS) is 12.6. The van der Waals surface area contributed by atoms with Crippen molar-refractivity contribution < 1.29 is 9.18 Å². The van der Waals surface area contributed by atoms with Gasteiger partial charge >= 0.3 is 0 Å². The Balaban J connectivity index is 2.03. The Morgan fingerprint density at radius 3 is 2.74 bits per heavy atom. The van der Waals surface area contributed by atoms with Crippen molar-refractivity contribution in [2.45, 2.75) is 26.8 Å². The highest BCUT2D eigenvalue weighted by atomic mass is 19.1. The molecule has 3 aromatic rings. The van der Waals surface area contributed by atoms with E-state index in [1.54, 1.807) is 12.1 Å². The molecule has 0 bridgehead atoms. The summed E-state index contributed by atoms with van der Waals surface area (Å²) in [5.74, 6) is -0.683. The van der Waals surface area contributed by atoms with Crippen LogP contribution in [0.1, 0.15) is 30.6 Å². The number of fused-ring (bicyclic) bond motifs is 1. The van der Waals surface area contributed by atoms with Crippen LogP contribution in [0.15, 0.2) is 72.2 Å². The highest BCUT2D eigenvalue weighted by Gasteiger charge is 2.10. The Morgan fingerprint density at radius 1 is 1.26 bits per heavy atom. The zero-order valence-corrected chi connectivity index (χ0v) is 15.4. The molecule has 27 heavy (non-hydrogen) atoms. The number of benzene rings is 2. The van der Waals surface area contributed by atoms with E-state index in [0.717, 1.165) is 34.0 Å². The molecule has 0 saturated carbocycles. The van der Waals surface area contributed by atoms with Gasteiger partial charge in [-0.15, -0.1) is 0 Å². The van der Waals surface area contributed by atoms with Crippen molar-refractivity contribution in [1.29, 1.82) is 0 Å². The molecular weight excluding hydrogens is 341 g/mol. The summed E-state index contributed by atoms with van der Waals surface area (Å²) in [6.07, 6.45) is 6.30. The zero-order chi connectivity index (χ0) is 19.4. The molecule has 0 aliphatic carbocycles. The lowest BCUT2D eigenvalue weighted by atomic mass is 10.00. The fraction of sp³-hybridized carbons (Fsp3) is 0.182. The fourth-order valence-electron chi connectivity index (χ4n) is 3.14. The molecule has 5 heteroatoms. The Hall–Kier alpha value is -3.21. The molecule has 0 unspecified atom stereocenters. The minimum absolute atomic E-state index is 0.227. The summed E-state index contributed by atoms with van der Waals surface area (Å²) in [6.45, 7) is 3.95. The molecule has 0 radical (unpaired) electrons. The number of primary amides is 1. The van der Waals surface area contributed by atoms with Gasteiger partial charge in [0.1, 0.15) is 0 Å². The first-order chi connectivity index (χ1) is 13.0. The molecule has 2 aromatic carbocycles. The van der Waals surface area contributed by atoms with Crippen LogP contribution in [0.5, 0.6) is 0 Å². The fourth-order valence-corrected chi connectivity index (χ4v) is 3.14. The third-order valence-corrected chi connectivity index (χ3v) is 4.25. The minimum Gasteiger partial charge on any atom is -0.366 e. The van der Waals surface area contributed by atoms with Crippen molar-refractivity contribution in [3.63, 3.8) is 0 Å². The first kappa shape index (κ1) is 18.6. The number of hydrogen-bond donors (Lipinski definition) is 1. The maximum absolute atomic E-state index is 13.3. The van der Waals surface area contributed by atoms with E-state index in [1.807, 2.05) is 54.2 Å². The highest BCUT2D eigenvalue weighted by Crippen LogP contribution is 2.29. The second kappa shape index (κ2) is 7.99. The average molecular weight is 363 g/mol. The number of halogens is 1. The van der Waals surface area contributed by atoms with Crippen molar-refractivity contribution in [3.05, 3.63) is 77.8 Å². The third-order valence-electron chi connectivity index (χ3n) is 4.25. The molecule has 1 amide bonds. The van der Waals surface area contributed by atoms with Crippen LogP contribution in [0.4, 0.5) is 4.39 Å². The molecular formula is C22H22FN3O. The monoisotopic (exact) mass is 363 g/mol. The van der Waals surface area contributed by atoms with Crippen LogP contribution in [0.25, 0.3) is 22.0 Å². The summed E-state index contributed by atoms with van der Waals surface area (Å²) in [6, 6.07) is 13.1. The number of amides is 1. The Labute approximate surface area is 157 Å². The SMILES string of the molecule is CC/C=C(\C=C(/C)F)Cn1cc2c(-c3cccc(C(N)=O)c3)cccc2n1. The number of allylic oxidation sites excluding steroid dienone is 4. The number of rotatable bonds is 6. The molecule has 0 aliphatic heterocycles. The predicted octanol–water partition coefficient (Wildman–Crippen LogP) is 5.01. The predicted molar refractivity (Wildman–Crippen MR) is 107 cm³/mol. The van der Waals surface area contributed by atoms with Crippen molar-refractivity contribution in [2.24, 2.45) is 5.73 Å². The second-order valence-corrected chi connectivity index (χ2v) is 6.43. The van der Waals surface area contributed by atoms with Gasteiger partial charge in [0.25, 0.3) is 0 Å². The summed E-state index contributed by atoms with van der Waals surface area (Å²) in [7, 11) is 0. The van der Waals surface area contributed by atoms with E-state index in [-0.39, 0.29) is 5.83 Å². The van der Waals surface area contributed by atoms with Gasteiger partial charge in [-0.05, 0) is 54.3 Å². The maximum Gasteiger partial charge on any atom is 0.248 e. The van der Waals surface area contributed by atoms with Gasteiger partial charge in [0.05, 0.1) is 17.9 Å². The van der Waals surface area contributed by atoms with Crippen LogP contribution in [-0.2, 0) is 6.54 Å². The minimum atomic E-state index is -0.456. The molecule has 0 saturated heterocycles. The lowest BCUT2D eigenvalue weighted by molar-refractivity contribution is 0.100. The van der Waals surface area contributed by atoms with Gasteiger partial charge in [0, 0.05) is 17.1 Å². The van der Waals surface area contributed by atoms with E-state index >= 15 is 0 Å². The Kier molecular flexibility index (Phi) is 5.50. The molecule has 3 rings (SSSR count). The van der Waals surface area contributed by atoms with Gasteiger partial charge in [-0.2, -0.15) is 5.10 Å². The number of hydrogen-bond acceptors (Lipinski definition) is 2. The molecule has 0 fully saturated rings. The molecule has 0 aliphatic rings. The number of carbonyl (C=O) groups is 1. The van der Waals surface area contributed by atoms with Gasteiger partial charge in [-0.1, -0.05) is 37.3 Å². The van der Waals surface area contributed by atoms with Gasteiger partial charge in [0.15, 0.2) is 0 Å². The molecule has 1 aromatic heterocycles. The summed E-state index contributed by atoms with van der Waals surface area (Å²) >= 11 is 0. The van der Waals surface area contributed by atoms with Gasteiger partial charge in [0.2, 0.25) is 5.91 Å². The summed E-state index contributed by atoms with van der Waals surface area (Å²) in [5, 5.41) is 5.59. The molecule has 1 heterocycles. The van der Waals surface area contributed by atoms with Crippen molar-refractivity contribution in [2.75, 3.05) is 0 Å². The van der Waals surface area contributed by atoms with E-state index in [2.05, 4.69) is 5.10 Å². The smallest absolute Gasteiger partial charge is 0.248 e. The van der Waals surface area contributed by atoms with Crippen LogP contribution in [0, 0.1) is 0 Å². The third kappa shape index (κ3) is 4.31. The second-order valence-electron chi connectivity index (χ2n) is 6.43. The van der Waals surface area contributed by atoms with Gasteiger partial charge in [-0.25, -0.2) is 4.39 Å². The molecule has 4 nitrogen and oxygen atoms in total. The maximum atomic E-state index is 13.3. The lowest BCUT2D eigenvalue weighted by Crippen LogP contribution is -2.10. The highest BCUT2D eigenvalue weighted by molar-refractivity contribution is 5.98. The van der Waals surface area contributed by atoms with Crippen molar-refractivity contribution in [3.8, 4) is 11.1 Å². The van der Waals surface area contributed by atoms with Crippen LogP contribution in [0.3, 0.4) is 0 Å². The number of nitrogens with two attached hydrogens (primary N) is 1. The van der Waals surface area contributed by atoms with Crippen LogP contribution in [0.2, 0.25) is 0 Å². The van der Waals surface area contributed by atoms with E-state index in [0.29, 0.717) is 12.1 Å². The van der Waals surface area contributed by atoms with Gasteiger partial charge < -0.3 is 5.73 Å². The number of carbonyl (C=O) groups excluding carboxylic acids is 1. The topological polar surface area (TPSA) is 60.9 Å². The standard InChI is InChI=1S/C22H22FN3O/c1-3-6-16(11-15(2)23)13-26-14-20-19(9-5-10-21(20)25-26)17-7-4-8-18(12-17)22(24)27/h4-12,14H,3,13H2,1-2H3,(H2,24,27)/b15-11+,16-6+. The summed E-state index contributed by atoms with van der Waals surface area (Å²) < 4.78 is 15.1. The number of aromatic nitrogens is 2. The van der Waals surface area contributed by atoms with Crippen LogP contribution < -0.4 is 5.73 Å². The van der Waals surface area contributed by atoms with Crippen molar-refractivity contribution >= 4 is 16.8 Å². The lowest BCUT2D eigenvalue weighted by Gasteiger charge is -2.05. The Bertz CT molecular complexity index is 1040. The zero-order valence-electron chi connectivity index (χ0n) is 15.4. The van der Waals surface area contributed by atoms with Crippen LogP contribution in [-0.4, -0.2) is 15.7 Å². The van der Waals surface area contributed by atoms with E-state index < -0.39 is 5.91 Å². The first-order valence-electron chi connectivity index (χ1n) is 8.87. The number of nitrogens with zero attached hydrogens (tertiary/aromatic N) is 2. The largest absolute Gasteiger partial charge is 0.366 e. The molecule has 2 N–H and O–H groups in total. The quantitative estimate of drug-likeness (QED) is 0.626. The van der Waals surface area contributed by atoms with Crippen molar-refractivity contribution in [1.82, 2.24) is 9.78 Å².